The fourth-order valence-corrected chi connectivity index (χ4v) is 3.63. The van der Waals surface area contributed by atoms with Crippen molar-refractivity contribution in [2.45, 2.75) is 19.9 Å². The van der Waals surface area contributed by atoms with Gasteiger partial charge in [0.2, 0.25) is 0 Å². The third-order valence-electron chi connectivity index (χ3n) is 5.27. The van der Waals surface area contributed by atoms with Crippen molar-refractivity contribution in [1.82, 2.24) is 0 Å². The summed E-state index contributed by atoms with van der Waals surface area (Å²) in [5.74, 6) is -2.21. The lowest BCUT2D eigenvalue weighted by molar-refractivity contribution is -0.132. The van der Waals surface area contributed by atoms with Crippen LogP contribution in [0.1, 0.15) is 28.3 Å². The Kier molecular flexibility index (Phi) is 4.96. The molecule has 0 bridgehead atoms. The summed E-state index contributed by atoms with van der Waals surface area (Å²) in [5.41, 5.74) is 3.56. The van der Waals surface area contributed by atoms with Crippen molar-refractivity contribution in [2.24, 2.45) is 0 Å². The highest BCUT2D eigenvalue weighted by Gasteiger charge is 2.46. The highest BCUT2D eigenvalue weighted by atomic mass is 19.1. The second-order valence-electron chi connectivity index (χ2n) is 7.42. The van der Waals surface area contributed by atoms with E-state index in [1.807, 2.05) is 50.2 Å². The normalized spacial score (nSPS) is 18.1. The largest absolute Gasteiger partial charge is 0.507 e. The minimum Gasteiger partial charge on any atom is -0.507 e. The number of ketones is 1. The molecule has 3 aromatic carbocycles. The maximum atomic E-state index is 13.5. The van der Waals surface area contributed by atoms with Crippen molar-refractivity contribution in [3.63, 3.8) is 0 Å². The molecule has 3 aromatic rings. The van der Waals surface area contributed by atoms with Gasteiger partial charge in [0.15, 0.2) is 0 Å². The van der Waals surface area contributed by atoms with Crippen LogP contribution in [0.15, 0.2) is 78.4 Å². The third kappa shape index (κ3) is 3.39. The van der Waals surface area contributed by atoms with Gasteiger partial charge in [0.1, 0.15) is 11.6 Å². The molecule has 4 rings (SSSR count). The number of aliphatic hydroxyl groups is 1. The van der Waals surface area contributed by atoms with Crippen molar-refractivity contribution in [1.29, 1.82) is 0 Å². The molecule has 30 heavy (non-hydrogen) atoms. The molecule has 0 aliphatic carbocycles. The van der Waals surface area contributed by atoms with Crippen molar-refractivity contribution in [2.75, 3.05) is 4.90 Å². The van der Waals surface area contributed by atoms with Crippen LogP contribution in [0.4, 0.5) is 10.1 Å². The minimum absolute atomic E-state index is 0.0111. The average molecular weight is 401 g/mol. The first-order chi connectivity index (χ1) is 14.4. The predicted octanol–water partition coefficient (Wildman–Crippen LogP) is 5.07. The molecule has 1 fully saturated rings. The Morgan fingerprint density at radius 2 is 1.37 bits per heavy atom. The number of halogens is 1. The summed E-state index contributed by atoms with van der Waals surface area (Å²) >= 11 is 0. The molecule has 1 saturated heterocycles. The number of aliphatic hydroxyl groups excluding tert-OH is 1. The molecule has 150 valence electrons. The topological polar surface area (TPSA) is 57.6 Å². The van der Waals surface area contributed by atoms with Crippen LogP contribution in [0, 0.1) is 19.7 Å². The van der Waals surface area contributed by atoms with Gasteiger partial charge in [-0.3, -0.25) is 14.5 Å². The van der Waals surface area contributed by atoms with E-state index in [0.29, 0.717) is 16.8 Å². The van der Waals surface area contributed by atoms with Gasteiger partial charge in [0, 0.05) is 11.3 Å². The average Bonchev–Trinajstić information content (AvgIpc) is 3.00. The summed E-state index contributed by atoms with van der Waals surface area (Å²) < 4.78 is 13.5. The lowest BCUT2D eigenvalue weighted by atomic mass is 9.94. The van der Waals surface area contributed by atoms with Crippen molar-refractivity contribution >= 4 is 23.1 Å². The van der Waals surface area contributed by atoms with E-state index in [1.54, 1.807) is 12.1 Å². The number of amides is 1. The van der Waals surface area contributed by atoms with E-state index in [9.17, 15) is 19.1 Å². The molecule has 0 radical (unpaired) electrons. The number of carbonyl (C=O) groups is 2. The van der Waals surface area contributed by atoms with Gasteiger partial charge in [-0.2, -0.15) is 0 Å². The number of hydrogen-bond acceptors (Lipinski definition) is 3. The van der Waals surface area contributed by atoms with Gasteiger partial charge in [0.05, 0.1) is 11.6 Å². The lowest BCUT2D eigenvalue weighted by Crippen LogP contribution is -2.29. The molecular formula is C25H20FNO3. The van der Waals surface area contributed by atoms with E-state index in [-0.39, 0.29) is 11.3 Å². The Balaban J connectivity index is 1.93. The van der Waals surface area contributed by atoms with Gasteiger partial charge >= 0.3 is 0 Å². The Labute approximate surface area is 173 Å². The number of rotatable bonds is 3. The van der Waals surface area contributed by atoms with Crippen molar-refractivity contribution < 1.29 is 19.1 Å². The zero-order valence-corrected chi connectivity index (χ0v) is 16.6. The van der Waals surface area contributed by atoms with Crippen LogP contribution in [-0.2, 0) is 9.59 Å². The van der Waals surface area contributed by atoms with Crippen LogP contribution >= 0.6 is 0 Å². The Hall–Kier alpha value is -3.73. The van der Waals surface area contributed by atoms with E-state index in [2.05, 4.69) is 0 Å². The number of carbonyl (C=O) groups excluding carboxylic acids is 2. The summed E-state index contributed by atoms with van der Waals surface area (Å²) in [6, 6.07) is 19.0. The molecule has 0 spiro atoms. The zero-order valence-electron chi connectivity index (χ0n) is 16.6. The van der Waals surface area contributed by atoms with E-state index in [0.717, 1.165) is 11.1 Å². The van der Waals surface area contributed by atoms with Crippen molar-refractivity contribution in [3.05, 3.63) is 106 Å². The SMILES string of the molecule is Cc1ccc(/C(O)=C2\C(=O)C(=O)N(c3ccc(F)cc3)C2c2ccc(C)cc2)cc1. The van der Waals surface area contributed by atoms with Crippen LogP contribution in [0.2, 0.25) is 0 Å². The Bertz CT molecular complexity index is 1150. The first-order valence-corrected chi connectivity index (χ1v) is 9.57. The summed E-state index contributed by atoms with van der Waals surface area (Å²) in [6.45, 7) is 3.86. The van der Waals surface area contributed by atoms with Crippen LogP contribution in [0.25, 0.3) is 5.76 Å². The molecule has 1 unspecified atom stereocenters. The summed E-state index contributed by atoms with van der Waals surface area (Å²) in [6.07, 6.45) is 0. The van der Waals surface area contributed by atoms with Crippen LogP contribution < -0.4 is 4.90 Å². The van der Waals surface area contributed by atoms with Gasteiger partial charge in [-0.25, -0.2) is 4.39 Å². The van der Waals surface area contributed by atoms with Gasteiger partial charge in [0.25, 0.3) is 11.7 Å². The molecule has 0 aromatic heterocycles. The number of benzene rings is 3. The summed E-state index contributed by atoms with van der Waals surface area (Å²) in [4.78, 5) is 27.3. The number of hydrogen-bond donors (Lipinski definition) is 1. The quantitative estimate of drug-likeness (QED) is 0.379. The monoisotopic (exact) mass is 401 g/mol. The minimum atomic E-state index is -0.822. The molecule has 1 aliphatic rings. The molecule has 5 heteroatoms. The van der Waals surface area contributed by atoms with E-state index in [4.69, 9.17) is 0 Å². The van der Waals surface area contributed by atoms with Crippen LogP contribution in [0.5, 0.6) is 0 Å². The van der Waals surface area contributed by atoms with Crippen LogP contribution in [-0.4, -0.2) is 16.8 Å². The highest BCUT2D eigenvalue weighted by molar-refractivity contribution is 6.51. The summed E-state index contributed by atoms with van der Waals surface area (Å²) in [7, 11) is 0. The molecule has 1 N–H and O–H groups in total. The van der Waals surface area contributed by atoms with Gasteiger partial charge in [-0.15, -0.1) is 0 Å². The lowest BCUT2D eigenvalue weighted by Gasteiger charge is -2.25. The third-order valence-corrected chi connectivity index (χ3v) is 5.27. The predicted molar refractivity (Wildman–Crippen MR) is 114 cm³/mol. The maximum Gasteiger partial charge on any atom is 0.300 e. The molecule has 1 amide bonds. The van der Waals surface area contributed by atoms with E-state index < -0.39 is 23.5 Å². The molecular weight excluding hydrogens is 381 g/mol. The number of anilines is 1. The first kappa shape index (κ1) is 19.6. The number of aryl methyl sites for hydroxylation is 2. The summed E-state index contributed by atoms with van der Waals surface area (Å²) in [5, 5.41) is 11.0. The highest BCUT2D eigenvalue weighted by Crippen LogP contribution is 2.42. The standard InChI is InChI=1S/C25H20FNO3/c1-15-3-7-17(8-4-15)22-21(23(28)18-9-5-16(2)6-10-18)24(29)25(30)27(22)20-13-11-19(26)12-14-20/h3-14,22,28H,1-2H3/b23-21+. The number of Topliss-reactive ketones (excluding diaryl/α,β-unsaturated/α-hetero) is 1. The van der Waals surface area contributed by atoms with E-state index in [1.165, 1.54) is 29.2 Å². The fraction of sp³-hybridized carbons (Fsp3) is 0.120. The van der Waals surface area contributed by atoms with Gasteiger partial charge in [-0.05, 0) is 43.7 Å². The second-order valence-corrected chi connectivity index (χ2v) is 7.42. The Morgan fingerprint density at radius 3 is 1.93 bits per heavy atom. The zero-order chi connectivity index (χ0) is 21.4. The first-order valence-electron chi connectivity index (χ1n) is 9.57. The van der Waals surface area contributed by atoms with E-state index >= 15 is 0 Å². The van der Waals surface area contributed by atoms with Crippen molar-refractivity contribution in [3.8, 4) is 0 Å². The number of nitrogens with zero attached hydrogens (tertiary/aromatic N) is 1. The van der Waals surface area contributed by atoms with Crippen LogP contribution in [0.3, 0.4) is 0 Å². The molecule has 1 aliphatic heterocycles. The second kappa shape index (κ2) is 7.59. The molecule has 1 atom stereocenters. The maximum absolute atomic E-state index is 13.5. The van der Waals surface area contributed by atoms with Gasteiger partial charge in [-0.1, -0.05) is 59.7 Å². The Morgan fingerprint density at radius 1 is 0.833 bits per heavy atom. The molecule has 4 nitrogen and oxygen atoms in total. The molecule has 1 heterocycles. The fourth-order valence-electron chi connectivity index (χ4n) is 3.63. The molecule has 0 saturated carbocycles. The van der Waals surface area contributed by atoms with Gasteiger partial charge < -0.3 is 5.11 Å². The smallest absolute Gasteiger partial charge is 0.300 e.